The van der Waals surface area contributed by atoms with E-state index in [0.29, 0.717) is 36.1 Å². The van der Waals surface area contributed by atoms with Gasteiger partial charge in [0.25, 0.3) is 11.8 Å². The van der Waals surface area contributed by atoms with Crippen molar-refractivity contribution < 1.29 is 19.1 Å². The Morgan fingerprint density at radius 1 is 1.11 bits per heavy atom. The van der Waals surface area contributed by atoms with Crippen molar-refractivity contribution in [1.29, 1.82) is 0 Å². The van der Waals surface area contributed by atoms with Gasteiger partial charge in [0.15, 0.2) is 5.69 Å². The molecule has 0 bridgehead atoms. The molecule has 1 aromatic heterocycles. The monoisotopic (exact) mass is 523 g/mol. The summed E-state index contributed by atoms with van der Waals surface area (Å²) >= 11 is 0.778. The summed E-state index contributed by atoms with van der Waals surface area (Å²) in [7, 11) is 0. The number of nitrogen functional groups attached to an aromatic ring is 1. The van der Waals surface area contributed by atoms with E-state index < -0.39 is 17.9 Å². The van der Waals surface area contributed by atoms with Crippen molar-refractivity contribution in [1.82, 2.24) is 9.69 Å². The lowest BCUT2D eigenvalue weighted by atomic mass is 10.0. The first kappa shape index (κ1) is 27.7. The van der Waals surface area contributed by atoms with Crippen molar-refractivity contribution in [2.24, 2.45) is 11.7 Å². The third-order valence-electron chi connectivity index (χ3n) is 5.78. The van der Waals surface area contributed by atoms with E-state index in [1.807, 2.05) is 26.0 Å². The largest absolute Gasteiger partial charge is 0.494 e. The van der Waals surface area contributed by atoms with Crippen LogP contribution in [-0.4, -0.2) is 35.2 Å². The molecule has 0 saturated carbocycles. The van der Waals surface area contributed by atoms with Crippen molar-refractivity contribution in [3.63, 3.8) is 0 Å². The summed E-state index contributed by atoms with van der Waals surface area (Å²) < 4.78 is 9.56. The van der Waals surface area contributed by atoms with Crippen LogP contribution in [0.3, 0.4) is 0 Å². The second-order valence-corrected chi connectivity index (χ2v) is 9.75. The van der Waals surface area contributed by atoms with Crippen molar-refractivity contribution >= 4 is 40.6 Å². The molecular formula is C27H33N5O4S. The SMILES string of the molecule is CCOc1ccc([C@H](C(=O)NCCC(C)C)N(C(=O)c2snc(C(N)=O)c2N)c2ccccc2C)cc1. The molecule has 0 spiro atoms. The van der Waals surface area contributed by atoms with E-state index >= 15 is 0 Å². The molecule has 0 aliphatic heterocycles. The van der Waals surface area contributed by atoms with Crippen LogP contribution in [0.4, 0.5) is 11.4 Å². The predicted molar refractivity (Wildman–Crippen MR) is 146 cm³/mol. The highest BCUT2D eigenvalue weighted by atomic mass is 32.1. The fourth-order valence-electron chi connectivity index (χ4n) is 3.85. The highest BCUT2D eigenvalue weighted by Crippen LogP contribution is 2.35. The molecule has 37 heavy (non-hydrogen) atoms. The quantitative estimate of drug-likeness (QED) is 0.346. The molecule has 2 aromatic carbocycles. The molecule has 10 heteroatoms. The Labute approximate surface area is 221 Å². The lowest BCUT2D eigenvalue weighted by molar-refractivity contribution is -0.122. The standard InChI is InChI=1S/C27H33N5O4S/c1-5-36-19-12-10-18(11-13-19)23(26(34)30-15-14-16(2)3)32(20-9-7-6-8-17(20)4)27(35)24-21(28)22(25(29)33)31-37-24/h6-13,16,23H,5,14-15,28H2,1-4H3,(H2,29,33)(H,30,34)/t23-/m1/s1. The Balaban J connectivity index is 2.16. The fraction of sp³-hybridized carbons (Fsp3) is 0.333. The molecule has 5 N–H and O–H groups in total. The number of para-hydroxylation sites is 1. The number of aromatic nitrogens is 1. The summed E-state index contributed by atoms with van der Waals surface area (Å²) in [4.78, 5) is 41.0. The van der Waals surface area contributed by atoms with Gasteiger partial charge < -0.3 is 21.5 Å². The van der Waals surface area contributed by atoms with Crippen LogP contribution in [-0.2, 0) is 4.79 Å². The molecule has 9 nitrogen and oxygen atoms in total. The van der Waals surface area contributed by atoms with Gasteiger partial charge in [-0.2, -0.15) is 4.37 Å². The smallest absolute Gasteiger partial charge is 0.273 e. The Kier molecular flexibility index (Phi) is 9.24. The number of primary amides is 1. The molecule has 0 radical (unpaired) electrons. The number of hydrogen-bond donors (Lipinski definition) is 3. The van der Waals surface area contributed by atoms with Crippen molar-refractivity contribution in [3.05, 3.63) is 70.2 Å². The van der Waals surface area contributed by atoms with Crippen LogP contribution < -0.4 is 26.4 Å². The van der Waals surface area contributed by atoms with E-state index in [-0.39, 0.29) is 22.2 Å². The van der Waals surface area contributed by atoms with E-state index in [0.717, 1.165) is 23.5 Å². The maximum absolute atomic E-state index is 14.1. The third-order valence-corrected chi connectivity index (χ3v) is 6.63. The van der Waals surface area contributed by atoms with Gasteiger partial charge in [-0.15, -0.1) is 0 Å². The number of carbonyl (C=O) groups excluding carboxylic acids is 3. The Bertz CT molecular complexity index is 1260. The van der Waals surface area contributed by atoms with Gasteiger partial charge >= 0.3 is 0 Å². The molecule has 0 aliphatic rings. The highest BCUT2D eigenvalue weighted by molar-refractivity contribution is 7.09. The van der Waals surface area contributed by atoms with Crippen LogP contribution in [0, 0.1) is 12.8 Å². The van der Waals surface area contributed by atoms with E-state index in [1.165, 1.54) is 4.90 Å². The normalized spacial score (nSPS) is 11.7. The first-order valence-corrected chi connectivity index (χ1v) is 12.9. The summed E-state index contributed by atoms with van der Waals surface area (Å²) in [6, 6.07) is 13.3. The van der Waals surface area contributed by atoms with Crippen LogP contribution in [0.5, 0.6) is 5.75 Å². The van der Waals surface area contributed by atoms with Gasteiger partial charge in [0.2, 0.25) is 5.91 Å². The predicted octanol–water partition coefficient (Wildman–Crippen LogP) is 4.08. The molecule has 0 fully saturated rings. The Morgan fingerprint density at radius 3 is 2.35 bits per heavy atom. The van der Waals surface area contributed by atoms with E-state index in [4.69, 9.17) is 16.2 Å². The van der Waals surface area contributed by atoms with Gasteiger partial charge in [0.1, 0.15) is 16.7 Å². The molecule has 0 unspecified atom stereocenters. The summed E-state index contributed by atoms with van der Waals surface area (Å²) in [6.45, 7) is 8.83. The minimum Gasteiger partial charge on any atom is -0.494 e. The molecular weight excluding hydrogens is 490 g/mol. The topological polar surface area (TPSA) is 141 Å². The maximum atomic E-state index is 14.1. The van der Waals surface area contributed by atoms with Gasteiger partial charge in [0.05, 0.1) is 12.3 Å². The second kappa shape index (κ2) is 12.4. The zero-order chi connectivity index (χ0) is 27.1. The number of ether oxygens (including phenoxy) is 1. The Hall–Kier alpha value is -3.92. The van der Waals surface area contributed by atoms with Gasteiger partial charge in [-0.1, -0.05) is 44.2 Å². The summed E-state index contributed by atoms with van der Waals surface area (Å²) in [5.41, 5.74) is 13.1. The Morgan fingerprint density at radius 2 is 1.78 bits per heavy atom. The number of carbonyl (C=O) groups is 3. The molecule has 196 valence electrons. The number of nitrogens with one attached hydrogen (secondary N) is 1. The number of hydrogen-bond acceptors (Lipinski definition) is 7. The minimum atomic E-state index is -1.03. The average Bonchev–Trinajstić information content (AvgIpc) is 3.25. The van der Waals surface area contributed by atoms with E-state index in [2.05, 4.69) is 23.5 Å². The van der Waals surface area contributed by atoms with Crippen LogP contribution >= 0.6 is 11.5 Å². The van der Waals surface area contributed by atoms with Crippen molar-refractivity contribution in [2.45, 2.75) is 40.2 Å². The molecule has 0 saturated heterocycles. The molecule has 0 aliphatic carbocycles. The van der Waals surface area contributed by atoms with Gasteiger partial charge in [0, 0.05) is 12.2 Å². The average molecular weight is 524 g/mol. The van der Waals surface area contributed by atoms with Crippen LogP contribution in [0.1, 0.15) is 64.5 Å². The molecule has 1 heterocycles. The summed E-state index contributed by atoms with van der Waals surface area (Å²) in [5, 5.41) is 2.98. The summed E-state index contributed by atoms with van der Waals surface area (Å²) in [6.07, 6.45) is 0.782. The zero-order valence-electron chi connectivity index (χ0n) is 21.5. The first-order chi connectivity index (χ1) is 17.6. The number of rotatable bonds is 11. The molecule has 3 amide bonds. The molecule has 3 aromatic rings. The second-order valence-electron chi connectivity index (χ2n) is 8.98. The van der Waals surface area contributed by atoms with E-state index in [1.54, 1.807) is 36.4 Å². The summed E-state index contributed by atoms with van der Waals surface area (Å²) in [5.74, 6) is -0.696. The zero-order valence-corrected chi connectivity index (χ0v) is 22.3. The lowest BCUT2D eigenvalue weighted by Gasteiger charge is -2.32. The fourth-order valence-corrected chi connectivity index (χ4v) is 4.59. The van der Waals surface area contributed by atoms with Crippen LogP contribution in [0.2, 0.25) is 0 Å². The number of nitrogens with zero attached hydrogens (tertiary/aromatic N) is 2. The maximum Gasteiger partial charge on any atom is 0.273 e. The molecule has 1 atom stereocenters. The number of amides is 3. The number of nitrogens with two attached hydrogens (primary N) is 2. The first-order valence-electron chi connectivity index (χ1n) is 12.1. The van der Waals surface area contributed by atoms with Crippen molar-refractivity contribution in [2.75, 3.05) is 23.8 Å². The van der Waals surface area contributed by atoms with Crippen molar-refractivity contribution in [3.8, 4) is 5.75 Å². The third kappa shape index (κ3) is 6.45. The molecule has 3 rings (SSSR count). The highest BCUT2D eigenvalue weighted by Gasteiger charge is 2.36. The minimum absolute atomic E-state index is 0.0305. The van der Waals surface area contributed by atoms with Crippen LogP contribution in [0.25, 0.3) is 0 Å². The van der Waals surface area contributed by atoms with E-state index in [9.17, 15) is 14.4 Å². The van der Waals surface area contributed by atoms with Gasteiger partial charge in [-0.05, 0) is 67.0 Å². The number of aryl methyl sites for hydroxylation is 1. The number of anilines is 2. The van der Waals surface area contributed by atoms with Crippen LogP contribution in [0.15, 0.2) is 48.5 Å². The van der Waals surface area contributed by atoms with Gasteiger partial charge in [-0.3, -0.25) is 19.3 Å². The van der Waals surface area contributed by atoms with Gasteiger partial charge in [-0.25, -0.2) is 0 Å². The number of benzene rings is 2. The lowest BCUT2D eigenvalue weighted by Crippen LogP contribution is -2.44.